The van der Waals surface area contributed by atoms with Crippen molar-refractivity contribution in [3.8, 4) is 0 Å². The van der Waals surface area contributed by atoms with E-state index in [2.05, 4.69) is 33.8 Å². The van der Waals surface area contributed by atoms with Crippen molar-refractivity contribution < 1.29 is 0 Å². The zero-order valence-electron chi connectivity index (χ0n) is 8.72. The molecule has 0 saturated heterocycles. The normalized spacial score (nSPS) is 32.8. The third kappa shape index (κ3) is 2.69. The molecule has 0 radical (unpaired) electrons. The monoisotopic (exact) mass is 164 g/mol. The second-order valence-corrected chi connectivity index (χ2v) is 4.37. The predicted molar refractivity (Wildman–Crippen MR) is 58.2 cm³/mol. The van der Waals surface area contributed by atoms with Crippen LogP contribution in [0.2, 0.25) is 6.32 Å². The molecule has 12 heavy (non-hydrogen) atoms. The van der Waals surface area contributed by atoms with Crippen molar-refractivity contribution in [3.63, 3.8) is 0 Å². The number of hydrogen-bond donors (Lipinski definition) is 0. The number of rotatable bonds is 3. The Morgan fingerprint density at radius 3 is 2.75 bits per heavy atom. The summed E-state index contributed by atoms with van der Waals surface area (Å²) < 4.78 is 0. The molecule has 1 fully saturated rings. The van der Waals surface area contributed by atoms with Crippen LogP contribution in [0, 0.1) is 17.8 Å². The van der Waals surface area contributed by atoms with Gasteiger partial charge in [-0.15, -0.1) is 0 Å². The van der Waals surface area contributed by atoms with Crippen molar-refractivity contribution >= 4 is 7.85 Å². The average molecular weight is 164 g/mol. The maximum absolute atomic E-state index is 2.41. The maximum atomic E-state index is 2.41. The summed E-state index contributed by atoms with van der Waals surface area (Å²) in [5.41, 5.74) is 0. The molecule has 0 amide bonds. The van der Waals surface area contributed by atoms with Crippen molar-refractivity contribution in [3.05, 3.63) is 12.2 Å². The highest BCUT2D eigenvalue weighted by Gasteiger charge is 2.24. The first-order valence-corrected chi connectivity index (χ1v) is 5.40. The molecule has 0 spiro atoms. The first-order valence-electron chi connectivity index (χ1n) is 5.40. The number of allylic oxidation sites excluding steroid dienone is 2. The molecular weight excluding hydrogens is 143 g/mol. The highest BCUT2D eigenvalue weighted by Crippen LogP contribution is 2.35. The van der Waals surface area contributed by atoms with Gasteiger partial charge < -0.3 is 0 Å². The summed E-state index contributed by atoms with van der Waals surface area (Å²) in [4.78, 5) is 0. The first-order chi connectivity index (χ1) is 5.74. The third-order valence-electron chi connectivity index (χ3n) is 3.15. The molecule has 0 nitrogen and oxygen atoms in total. The lowest BCUT2D eigenvalue weighted by Crippen LogP contribution is -2.04. The van der Waals surface area contributed by atoms with Crippen LogP contribution in [0.15, 0.2) is 12.2 Å². The Hall–Kier alpha value is -0.195. The molecule has 1 saturated carbocycles. The van der Waals surface area contributed by atoms with Gasteiger partial charge in [0.1, 0.15) is 7.85 Å². The Bertz CT molecular complexity index is 151. The minimum atomic E-state index is 0.815. The molecule has 0 heterocycles. The molecular formula is C11H21B. The van der Waals surface area contributed by atoms with Gasteiger partial charge in [0.2, 0.25) is 0 Å². The lowest BCUT2D eigenvalue weighted by atomic mass is 9.90. The molecule has 0 aliphatic heterocycles. The quantitative estimate of drug-likeness (QED) is 0.444. The zero-order valence-corrected chi connectivity index (χ0v) is 8.72. The average Bonchev–Trinajstić information content (AvgIpc) is 2.47. The largest absolute Gasteiger partial charge is 0.106 e. The van der Waals surface area contributed by atoms with E-state index in [0.717, 1.165) is 17.8 Å². The van der Waals surface area contributed by atoms with E-state index in [1.54, 1.807) is 0 Å². The van der Waals surface area contributed by atoms with Crippen LogP contribution in [-0.4, -0.2) is 7.85 Å². The van der Waals surface area contributed by atoms with Gasteiger partial charge in [0.25, 0.3) is 0 Å². The predicted octanol–water partition coefficient (Wildman–Crippen LogP) is 2.67. The van der Waals surface area contributed by atoms with E-state index in [1.165, 1.54) is 25.6 Å². The van der Waals surface area contributed by atoms with E-state index >= 15 is 0 Å². The Morgan fingerprint density at radius 2 is 2.25 bits per heavy atom. The van der Waals surface area contributed by atoms with Gasteiger partial charge in [0.15, 0.2) is 0 Å². The smallest absolute Gasteiger partial charge is 0.0961 e. The molecule has 1 rings (SSSR count). The van der Waals surface area contributed by atoms with Gasteiger partial charge in [-0.25, -0.2) is 0 Å². The van der Waals surface area contributed by atoms with Crippen molar-refractivity contribution in [2.24, 2.45) is 17.8 Å². The summed E-state index contributed by atoms with van der Waals surface area (Å²) in [5, 5.41) is 0. The molecule has 0 bridgehead atoms. The molecule has 1 aliphatic rings. The van der Waals surface area contributed by atoms with Gasteiger partial charge in [-0.3, -0.25) is 0 Å². The van der Waals surface area contributed by atoms with E-state index < -0.39 is 0 Å². The van der Waals surface area contributed by atoms with Crippen LogP contribution in [0.3, 0.4) is 0 Å². The van der Waals surface area contributed by atoms with Crippen LogP contribution in [0.4, 0.5) is 0 Å². The highest BCUT2D eigenvalue weighted by molar-refractivity contribution is 6.09. The molecule has 68 valence electrons. The second kappa shape index (κ2) is 4.74. The number of hydrogen-bond acceptors (Lipinski definition) is 0. The second-order valence-electron chi connectivity index (χ2n) is 4.37. The van der Waals surface area contributed by atoms with Crippen molar-refractivity contribution in [1.29, 1.82) is 0 Å². The van der Waals surface area contributed by atoms with E-state index in [-0.39, 0.29) is 0 Å². The molecule has 0 aromatic rings. The van der Waals surface area contributed by atoms with E-state index in [1.807, 2.05) is 0 Å². The topological polar surface area (TPSA) is 0 Å². The summed E-state index contributed by atoms with van der Waals surface area (Å²) >= 11 is 0. The lowest BCUT2D eigenvalue weighted by molar-refractivity contribution is 0.418. The minimum absolute atomic E-state index is 0.815. The van der Waals surface area contributed by atoms with Gasteiger partial charge in [0.05, 0.1) is 0 Å². The van der Waals surface area contributed by atoms with Crippen LogP contribution in [0.5, 0.6) is 0 Å². The summed E-state index contributed by atoms with van der Waals surface area (Å²) in [7, 11) is 2.21. The fourth-order valence-corrected chi connectivity index (χ4v) is 2.24. The van der Waals surface area contributed by atoms with Crippen molar-refractivity contribution in [1.82, 2.24) is 0 Å². The molecule has 3 unspecified atom stereocenters. The Balaban J connectivity index is 2.32. The summed E-state index contributed by atoms with van der Waals surface area (Å²) in [6, 6.07) is 0. The van der Waals surface area contributed by atoms with E-state index in [0.29, 0.717) is 0 Å². The molecule has 0 aromatic heterocycles. The molecule has 0 N–H and O–H groups in total. The summed E-state index contributed by atoms with van der Waals surface area (Å²) in [6.45, 7) is 4.76. The third-order valence-corrected chi connectivity index (χ3v) is 3.15. The SMILES string of the molecule is BCC=CC(C)C1CCC(C)C1. The molecule has 1 heteroatoms. The lowest BCUT2D eigenvalue weighted by Gasteiger charge is -2.14. The molecule has 0 aromatic carbocycles. The highest BCUT2D eigenvalue weighted by atomic mass is 14.3. The standard InChI is InChI=1S/C11H21B/c1-9-5-6-11(8-9)10(2)4-3-7-12/h3-4,9-11H,5-8,12H2,1-2H3. The van der Waals surface area contributed by atoms with Crippen molar-refractivity contribution in [2.75, 3.05) is 0 Å². The van der Waals surface area contributed by atoms with Crippen LogP contribution >= 0.6 is 0 Å². The Morgan fingerprint density at radius 1 is 1.50 bits per heavy atom. The fraction of sp³-hybridized carbons (Fsp3) is 0.818. The van der Waals surface area contributed by atoms with Gasteiger partial charge in [-0.2, -0.15) is 0 Å². The minimum Gasteiger partial charge on any atom is -0.0961 e. The Labute approximate surface area is 77.8 Å². The van der Waals surface area contributed by atoms with Crippen LogP contribution in [-0.2, 0) is 0 Å². The van der Waals surface area contributed by atoms with Crippen LogP contribution in [0.1, 0.15) is 33.1 Å². The van der Waals surface area contributed by atoms with E-state index in [9.17, 15) is 0 Å². The van der Waals surface area contributed by atoms with Crippen molar-refractivity contribution in [2.45, 2.75) is 39.4 Å². The van der Waals surface area contributed by atoms with Gasteiger partial charge >= 0.3 is 0 Å². The Kier molecular flexibility index (Phi) is 3.91. The first kappa shape index (κ1) is 9.89. The zero-order chi connectivity index (χ0) is 8.97. The van der Waals surface area contributed by atoms with Crippen LogP contribution < -0.4 is 0 Å². The fourth-order valence-electron chi connectivity index (χ4n) is 2.24. The van der Waals surface area contributed by atoms with Crippen LogP contribution in [0.25, 0.3) is 0 Å². The molecule has 1 aliphatic carbocycles. The van der Waals surface area contributed by atoms with Gasteiger partial charge in [-0.05, 0) is 30.6 Å². The summed E-state index contributed by atoms with van der Waals surface area (Å²) in [5.74, 6) is 2.77. The van der Waals surface area contributed by atoms with Gasteiger partial charge in [-0.1, -0.05) is 38.7 Å². The van der Waals surface area contributed by atoms with E-state index in [4.69, 9.17) is 0 Å². The summed E-state index contributed by atoms with van der Waals surface area (Å²) in [6.07, 6.45) is 10.3. The molecule has 3 atom stereocenters. The maximum Gasteiger partial charge on any atom is 0.106 e. The van der Waals surface area contributed by atoms with Gasteiger partial charge in [0, 0.05) is 0 Å².